The molecule has 0 unspecified atom stereocenters. The van der Waals surface area contributed by atoms with Gasteiger partial charge in [0.2, 0.25) is 0 Å². The summed E-state index contributed by atoms with van der Waals surface area (Å²) < 4.78 is 16.6. The second kappa shape index (κ2) is 6.11. The zero-order chi connectivity index (χ0) is 13.9. The molecule has 0 aromatic heterocycles. The molecule has 1 saturated heterocycles. The van der Waals surface area contributed by atoms with Crippen LogP contribution >= 0.6 is 15.9 Å². The van der Waals surface area contributed by atoms with Crippen LogP contribution < -0.4 is 5.32 Å². The average molecular weight is 335 g/mol. The van der Waals surface area contributed by atoms with Gasteiger partial charge in [0.25, 0.3) is 6.10 Å². The number of hydrogen-bond donors (Lipinski definition) is 1. The molecule has 1 fully saturated rings. The van der Waals surface area contributed by atoms with E-state index in [9.17, 15) is 4.79 Å². The van der Waals surface area contributed by atoms with Gasteiger partial charge in [0.15, 0.2) is 0 Å². The van der Waals surface area contributed by atoms with Crippen molar-refractivity contribution in [1.82, 2.24) is 5.32 Å². The minimum Gasteiger partial charge on any atom is -0.449 e. The lowest BCUT2D eigenvalue weighted by molar-refractivity contribution is -0.504. The van der Waals surface area contributed by atoms with Crippen LogP contribution in [-0.2, 0) is 13.9 Å². The molecule has 2 aliphatic heterocycles. The zero-order valence-corrected chi connectivity index (χ0v) is 13.0. The van der Waals surface area contributed by atoms with Gasteiger partial charge < -0.3 is 9.16 Å². The number of fused-ring (bicyclic) bond motifs is 1. The van der Waals surface area contributed by atoms with Crippen LogP contribution in [-0.4, -0.2) is 35.3 Å². The number of carbonyl (C=O) groups is 1. The molecular formula is C13H21BrNO4+. The Morgan fingerprint density at radius 2 is 2.37 bits per heavy atom. The van der Waals surface area contributed by atoms with Crippen molar-refractivity contribution >= 4 is 28.0 Å². The van der Waals surface area contributed by atoms with Gasteiger partial charge in [-0.3, -0.25) is 10.1 Å². The first-order valence-corrected chi connectivity index (χ1v) is 7.78. The molecule has 1 N–H and O–H groups in total. The lowest BCUT2D eigenvalue weighted by atomic mass is 9.96. The molecule has 3 atom stereocenters. The van der Waals surface area contributed by atoms with Crippen molar-refractivity contribution in [2.24, 2.45) is 0 Å². The first-order chi connectivity index (χ1) is 9.08. The predicted molar refractivity (Wildman–Crippen MR) is 74.2 cm³/mol. The highest BCUT2D eigenvalue weighted by Gasteiger charge is 2.63. The van der Waals surface area contributed by atoms with Crippen LogP contribution in [0.3, 0.4) is 0 Å². The average Bonchev–Trinajstić information content (AvgIpc) is 2.58. The van der Waals surface area contributed by atoms with E-state index >= 15 is 0 Å². The Morgan fingerprint density at radius 3 is 3.11 bits per heavy atom. The summed E-state index contributed by atoms with van der Waals surface area (Å²) >= 11 is 3.67. The summed E-state index contributed by atoms with van der Waals surface area (Å²) in [4.78, 5) is 11.7. The second-order valence-electron chi connectivity index (χ2n) is 5.01. The van der Waals surface area contributed by atoms with Crippen LogP contribution in [0.4, 0.5) is 4.79 Å². The van der Waals surface area contributed by atoms with Crippen molar-refractivity contribution in [3.63, 3.8) is 0 Å². The Balaban J connectivity index is 2.12. The lowest BCUT2D eigenvalue weighted by Gasteiger charge is -2.27. The molecule has 1 amide bonds. The maximum absolute atomic E-state index is 11.7. The molecule has 2 aliphatic rings. The summed E-state index contributed by atoms with van der Waals surface area (Å²) in [6, 6.07) is 0. The number of alkyl halides is 1. The number of cyclic esters (lactones) is 1. The first kappa shape index (κ1) is 14.6. The van der Waals surface area contributed by atoms with Gasteiger partial charge in [-0.25, -0.2) is 4.79 Å². The smallest absolute Gasteiger partial charge is 0.449 e. The van der Waals surface area contributed by atoms with Crippen LogP contribution in [0.15, 0.2) is 0 Å². The van der Waals surface area contributed by atoms with Gasteiger partial charge in [-0.15, -0.1) is 0 Å². The van der Waals surface area contributed by atoms with Gasteiger partial charge in [0.1, 0.15) is 4.83 Å². The maximum atomic E-state index is 11.7. The summed E-state index contributed by atoms with van der Waals surface area (Å²) in [5, 5.41) is 2.84. The van der Waals surface area contributed by atoms with Crippen molar-refractivity contribution in [3.8, 4) is 0 Å². The fourth-order valence-corrected chi connectivity index (χ4v) is 3.41. The number of unbranched alkanes of at least 4 members (excludes halogenated alkanes) is 2. The highest BCUT2D eigenvalue weighted by Crippen LogP contribution is 2.35. The maximum Gasteiger partial charge on any atom is 0.484 e. The van der Waals surface area contributed by atoms with Gasteiger partial charge in [-0.2, -0.15) is 0 Å². The summed E-state index contributed by atoms with van der Waals surface area (Å²) in [5.74, 6) is 0.507. The molecule has 0 saturated carbocycles. The van der Waals surface area contributed by atoms with Crippen molar-refractivity contribution < 1.29 is 18.7 Å². The van der Waals surface area contributed by atoms with Crippen LogP contribution in [0.5, 0.6) is 0 Å². The highest BCUT2D eigenvalue weighted by molar-refractivity contribution is 9.09. The number of carbonyl (C=O) groups excluding carboxylic acids is 2. The number of esters is 1. The molecule has 6 heteroatoms. The largest absolute Gasteiger partial charge is 0.484 e. The Labute approximate surface area is 121 Å². The van der Waals surface area contributed by atoms with Gasteiger partial charge in [-0.1, -0.05) is 42.1 Å². The normalized spacial score (nSPS) is 31.4. The summed E-state index contributed by atoms with van der Waals surface area (Å²) in [6.07, 6.45) is 4.31. The van der Waals surface area contributed by atoms with Crippen molar-refractivity contribution in [3.05, 3.63) is 0 Å². The molecule has 0 radical (unpaired) electrons. The minimum atomic E-state index is -0.842. The fourth-order valence-electron chi connectivity index (χ4n) is 2.58. The van der Waals surface area contributed by atoms with E-state index in [1.165, 1.54) is 0 Å². The van der Waals surface area contributed by atoms with E-state index in [0.29, 0.717) is 19.0 Å². The third-order valence-electron chi connectivity index (χ3n) is 3.54. The van der Waals surface area contributed by atoms with Crippen LogP contribution in [0.1, 0.15) is 46.0 Å². The molecule has 19 heavy (non-hydrogen) atoms. The summed E-state index contributed by atoms with van der Waals surface area (Å²) in [5.41, 5.74) is -0.842. The lowest BCUT2D eigenvalue weighted by Crippen LogP contribution is -2.60. The van der Waals surface area contributed by atoms with Gasteiger partial charge in [0, 0.05) is 0 Å². The predicted octanol–water partition coefficient (Wildman–Crippen LogP) is 2.64. The van der Waals surface area contributed by atoms with E-state index in [2.05, 4.69) is 28.2 Å². The molecule has 108 valence electrons. The van der Waals surface area contributed by atoms with Gasteiger partial charge >= 0.3 is 17.8 Å². The van der Waals surface area contributed by atoms with Crippen LogP contribution in [0, 0.1) is 0 Å². The van der Waals surface area contributed by atoms with Crippen molar-refractivity contribution in [2.45, 2.75) is 62.6 Å². The van der Waals surface area contributed by atoms with Gasteiger partial charge in [0.05, 0.1) is 20.0 Å². The molecule has 0 aromatic carbocycles. The molecule has 5 nitrogen and oxygen atoms in total. The van der Waals surface area contributed by atoms with E-state index in [-0.39, 0.29) is 10.9 Å². The zero-order valence-electron chi connectivity index (χ0n) is 11.4. The molecule has 2 rings (SSSR count). The van der Waals surface area contributed by atoms with E-state index in [0.717, 1.165) is 25.7 Å². The summed E-state index contributed by atoms with van der Waals surface area (Å²) in [7, 11) is 0. The first-order valence-electron chi connectivity index (χ1n) is 6.86. The third-order valence-corrected chi connectivity index (χ3v) is 4.67. The van der Waals surface area contributed by atoms with Crippen LogP contribution in [0.25, 0.3) is 0 Å². The standard InChI is InChI=1S/C13H20BrNO4/c1-3-4-5-6-10(14)13-11(18-9(2)19-13)7-8-17-12(16)15-13/h10-11H,3-8H2,1-2H3/p+1/t10-,11-,13-/m0/s1. The van der Waals surface area contributed by atoms with Gasteiger partial charge in [-0.05, 0) is 6.42 Å². The van der Waals surface area contributed by atoms with E-state index < -0.39 is 11.8 Å². The molecule has 2 heterocycles. The number of ether oxygens (including phenoxy) is 2. The van der Waals surface area contributed by atoms with Crippen molar-refractivity contribution in [1.29, 1.82) is 0 Å². The Bertz CT molecular complexity index is 374. The Kier molecular flexibility index (Phi) is 4.71. The topological polar surface area (TPSA) is 58.9 Å². The Hall–Kier alpha value is -0.780. The SMILES string of the molecule is CCCCC[C@H](Br)[C@@]12NC(=O)OCC[C@@H]1[O+]=C(C)O2. The monoisotopic (exact) mass is 334 g/mol. The van der Waals surface area contributed by atoms with E-state index in [1.807, 2.05) is 0 Å². The Morgan fingerprint density at radius 1 is 1.58 bits per heavy atom. The highest BCUT2D eigenvalue weighted by atomic mass is 79.9. The number of alkyl carbamates (subject to hydrolysis) is 1. The van der Waals surface area contributed by atoms with E-state index in [4.69, 9.17) is 13.9 Å². The number of hydrogen-bond acceptors (Lipinski definition) is 3. The molecular weight excluding hydrogens is 314 g/mol. The van der Waals surface area contributed by atoms with Crippen LogP contribution in [0.2, 0.25) is 0 Å². The summed E-state index contributed by atoms with van der Waals surface area (Å²) in [6.45, 7) is 4.29. The molecule has 0 aliphatic carbocycles. The van der Waals surface area contributed by atoms with E-state index in [1.54, 1.807) is 6.92 Å². The number of amides is 1. The number of nitrogens with one attached hydrogen (secondary N) is 1. The molecule has 0 aromatic rings. The molecule has 0 spiro atoms. The number of halogens is 1. The number of rotatable bonds is 5. The second-order valence-corrected chi connectivity index (χ2v) is 6.11. The fraction of sp³-hybridized carbons (Fsp3) is 0.846. The molecule has 0 bridgehead atoms. The third kappa shape index (κ3) is 3.04. The minimum absolute atomic E-state index is 0.000324. The quantitative estimate of drug-likeness (QED) is 0.364. The van der Waals surface area contributed by atoms with Crippen molar-refractivity contribution in [2.75, 3.05) is 6.61 Å².